The highest BCUT2D eigenvalue weighted by Gasteiger charge is 2.30. The van der Waals surface area contributed by atoms with Gasteiger partial charge in [0.1, 0.15) is 22.0 Å². The lowest BCUT2D eigenvalue weighted by molar-refractivity contribution is -0.114. The number of aromatic nitrogens is 1. The van der Waals surface area contributed by atoms with Crippen LogP contribution in [-0.4, -0.2) is 37.4 Å². The van der Waals surface area contributed by atoms with Gasteiger partial charge in [0.05, 0.1) is 7.11 Å². The summed E-state index contributed by atoms with van der Waals surface area (Å²) in [7, 11) is -2.34. The molecule has 2 heterocycles. The van der Waals surface area contributed by atoms with E-state index in [2.05, 4.69) is 10.5 Å². The highest BCUT2D eigenvalue weighted by molar-refractivity contribution is 7.89. The first-order valence-electron chi connectivity index (χ1n) is 10.5. The zero-order chi connectivity index (χ0) is 23.6. The Labute approximate surface area is 192 Å². The van der Waals surface area contributed by atoms with E-state index in [4.69, 9.17) is 9.26 Å². The van der Waals surface area contributed by atoms with E-state index in [1.807, 2.05) is 24.3 Å². The molecule has 3 aromatic rings. The number of ether oxygens (including phenoxy) is 1. The molecule has 0 spiro atoms. The van der Waals surface area contributed by atoms with Crippen LogP contribution in [0.3, 0.4) is 0 Å². The molecular formula is C24H25N3O5S. The highest BCUT2D eigenvalue weighted by Crippen LogP contribution is 2.32. The number of carbonyl (C=O) groups excluding carboxylic acids is 1. The lowest BCUT2D eigenvalue weighted by Gasteiger charge is -2.28. The van der Waals surface area contributed by atoms with Crippen molar-refractivity contribution in [3.63, 3.8) is 0 Å². The van der Waals surface area contributed by atoms with Crippen LogP contribution in [0.4, 0.5) is 5.69 Å². The first-order valence-corrected chi connectivity index (χ1v) is 11.9. The number of nitrogens with one attached hydrogen (secondary N) is 1. The van der Waals surface area contributed by atoms with Crippen molar-refractivity contribution in [2.75, 3.05) is 19.0 Å². The zero-order valence-electron chi connectivity index (χ0n) is 18.7. The molecule has 8 nitrogen and oxygen atoms in total. The number of amides is 1. The lowest BCUT2D eigenvalue weighted by atomic mass is 10.0. The van der Waals surface area contributed by atoms with Crippen molar-refractivity contribution in [3.8, 4) is 5.75 Å². The molecule has 0 saturated carbocycles. The van der Waals surface area contributed by atoms with Crippen LogP contribution in [-0.2, 0) is 27.8 Å². The minimum absolute atomic E-state index is 0.0994. The number of carbonyl (C=O) groups is 1. The fourth-order valence-electron chi connectivity index (χ4n) is 3.81. The molecule has 9 heteroatoms. The molecule has 1 aliphatic rings. The summed E-state index contributed by atoms with van der Waals surface area (Å²) in [6.07, 6.45) is 4.00. The van der Waals surface area contributed by atoms with Crippen LogP contribution >= 0.6 is 0 Å². The molecule has 0 atom stereocenters. The molecule has 172 valence electrons. The standard InChI is InChI=1S/C24H25N3O5S/c1-16-24(25-17(2)28)22(32-26-16)11-9-18-8-10-21(31-3)23(14-18)33(29,30)27-13-12-19-6-4-5-7-20(19)15-27/h4-11,14H,12-13,15H2,1-3H3,(H,25,28)/b11-9-. The van der Waals surface area contributed by atoms with E-state index < -0.39 is 10.0 Å². The fourth-order valence-corrected chi connectivity index (χ4v) is 5.42. The molecule has 0 bridgehead atoms. The summed E-state index contributed by atoms with van der Waals surface area (Å²) in [5.41, 5.74) is 3.84. The number of nitrogens with zero attached hydrogens (tertiary/aromatic N) is 2. The van der Waals surface area contributed by atoms with Crippen molar-refractivity contribution >= 4 is 33.8 Å². The maximum atomic E-state index is 13.5. The predicted molar refractivity (Wildman–Crippen MR) is 125 cm³/mol. The van der Waals surface area contributed by atoms with Gasteiger partial charge in [0.15, 0.2) is 5.76 Å². The number of anilines is 1. The van der Waals surface area contributed by atoms with Gasteiger partial charge in [0.25, 0.3) is 0 Å². The smallest absolute Gasteiger partial charge is 0.247 e. The number of aryl methyl sites for hydroxylation is 1. The first-order chi connectivity index (χ1) is 15.8. The second-order valence-corrected chi connectivity index (χ2v) is 9.70. The van der Waals surface area contributed by atoms with Crippen molar-refractivity contribution in [1.82, 2.24) is 9.46 Å². The van der Waals surface area contributed by atoms with Crippen LogP contribution in [0.2, 0.25) is 0 Å². The topological polar surface area (TPSA) is 102 Å². The predicted octanol–water partition coefficient (Wildman–Crippen LogP) is 3.87. The Kier molecular flexibility index (Phi) is 6.35. The molecule has 0 aliphatic carbocycles. The first kappa shape index (κ1) is 22.8. The Hall–Kier alpha value is -3.43. The van der Waals surface area contributed by atoms with Crippen LogP contribution < -0.4 is 10.1 Å². The second-order valence-electron chi connectivity index (χ2n) is 7.79. The van der Waals surface area contributed by atoms with Gasteiger partial charge in [-0.15, -0.1) is 0 Å². The molecule has 1 aromatic heterocycles. The summed E-state index contributed by atoms with van der Waals surface area (Å²) in [5, 5.41) is 6.58. The molecule has 2 aromatic carbocycles. The van der Waals surface area contributed by atoms with Gasteiger partial charge in [0.2, 0.25) is 15.9 Å². The Morgan fingerprint density at radius 3 is 2.67 bits per heavy atom. The number of hydrogen-bond donors (Lipinski definition) is 1. The maximum Gasteiger partial charge on any atom is 0.247 e. The van der Waals surface area contributed by atoms with E-state index in [1.54, 1.807) is 37.3 Å². The number of hydrogen-bond acceptors (Lipinski definition) is 6. The van der Waals surface area contributed by atoms with Crippen molar-refractivity contribution in [2.45, 2.75) is 31.7 Å². The monoisotopic (exact) mass is 467 g/mol. The van der Waals surface area contributed by atoms with E-state index in [0.29, 0.717) is 42.2 Å². The van der Waals surface area contributed by atoms with E-state index in [0.717, 1.165) is 5.56 Å². The number of sulfonamides is 1. The molecule has 4 rings (SSSR count). The van der Waals surface area contributed by atoms with Gasteiger partial charge in [-0.2, -0.15) is 4.31 Å². The van der Waals surface area contributed by atoms with Crippen LogP contribution in [0.1, 0.15) is 35.1 Å². The highest BCUT2D eigenvalue weighted by atomic mass is 32.2. The number of fused-ring (bicyclic) bond motifs is 1. The maximum absolute atomic E-state index is 13.5. The third kappa shape index (κ3) is 4.69. The Balaban J connectivity index is 1.65. The lowest BCUT2D eigenvalue weighted by Crippen LogP contribution is -2.36. The number of rotatable bonds is 6. The largest absolute Gasteiger partial charge is 0.495 e. The van der Waals surface area contributed by atoms with Crippen molar-refractivity contribution < 1.29 is 22.5 Å². The molecule has 0 radical (unpaired) electrons. The van der Waals surface area contributed by atoms with Crippen molar-refractivity contribution in [3.05, 3.63) is 70.6 Å². The van der Waals surface area contributed by atoms with E-state index in [1.165, 1.54) is 23.9 Å². The molecule has 33 heavy (non-hydrogen) atoms. The summed E-state index contributed by atoms with van der Waals surface area (Å²) in [5.74, 6) is 0.410. The molecular weight excluding hydrogens is 442 g/mol. The SMILES string of the molecule is COc1ccc(/C=C\c2onc(C)c2NC(C)=O)cc1S(=O)(=O)N1CCc2ccccc2C1. The molecule has 0 saturated heterocycles. The third-order valence-electron chi connectivity index (χ3n) is 5.52. The average molecular weight is 468 g/mol. The van der Waals surface area contributed by atoms with Gasteiger partial charge in [-0.1, -0.05) is 41.6 Å². The average Bonchev–Trinajstić information content (AvgIpc) is 3.15. The summed E-state index contributed by atoms with van der Waals surface area (Å²) in [6, 6.07) is 12.8. The van der Waals surface area contributed by atoms with Crippen molar-refractivity contribution in [2.24, 2.45) is 0 Å². The van der Waals surface area contributed by atoms with Gasteiger partial charge >= 0.3 is 0 Å². The minimum atomic E-state index is -3.79. The quantitative estimate of drug-likeness (QED) is 0.591. The molecule has 1 N–H and O–H groups in total. The summed E-state index contributed by atoms with van der Waals surface area (Å²) in [6.45, 7) is 3.85. The van der Waals surface area contributed by atoms with E-state index in [-0.39, 0.29) is 16.6 Å². The zero-order valence-corrected chi connectivity index (χ0v) is 19.5. The van der Waals surface area contributed by atoms with Crippen LogP contribution in [0.25, 0.3) is 12.2 Å². The van der Waals surface area contributed by atoms with Gasteiger partial charge in [-0.3, -0.25) is 4.79 Å². The summed E-state index contributed by atoms with van der Waals surface area (Å²) < 4.78 is 39.2. The summed E-state index contributed by atoms with van der Waals surface area (Å²) in [4.78, 5) is 11.6. The molecule has 0 fully saturated rings. The minimum Gasteiger partial charge on any atom is -0.495 e. The van der Waals surface area contributed by atoms with E-state index in [9.17, 15) is 13.2 Å². The fraction of sp³-hybridized carbons (Fsp3) is 0.250. The van der Waals surface area contributed by atoms with Crippen LogP contribution in [0, 0.1) is 6.92 Å². The summed E-state index contributed by atoms with van der Waals surface area (Å²) >= 11 is 0. The van der Waals surface area contributed by atoms with Crippen LogP contribution in [0.5, 0.6) is 5.75 Å². The van der Waals surface area contributed by atoms with Gasteiger partial charge in [-0.25, -0.2) is 8.42 Å². The third-order valence-corrected chi connectivity index (χ3v) is 7.38. The van der Waals surface area contributed by atoms with Gasteiger partial charge in [0, 0.05) is 20.0 Å². The number of benzene rings is 2. The number of methoxy groups -OCH3 is 1. The van der Waals surface area contributed by atoms with Crippen LogP contribution in [0.15, 0.2) is 51.9 Å². The Morgan fingerprint density at radius 1 is 1.18 bits per heavy atom. The Morgan fingerprint density at radius 2 is 1.94 bits per heavy atom. The van der Waals surface area contributed by atoms with E-state index >= 15 is 0 Å². The van der Waals surface area contributed by atoms with Crippen molar-refractivity contribution in [1.29, 1.82) is 0 Å². The van der Waals surface area contributed by atoms with Gasteiger partial charge < -0.3 is 14.6 Å². The molecule has 0 unspecified atom stereocenters. The Bertz CT molecular complexity index is 1330. The molecule has 1 aliphatic heterocycles. The second kappa shape index (κ2) is 9.21. The molecule has 1 amide bonds. The normalized spacial score (nSPS) is 14.3. The van der Waals surface area contributed by atoms with Gasteiger partial charge in [-0.05, 0) is 48.2 Å².